The predicted molar refractivity (Wildman–Crippen MR) is 68.1 cm³/mol. The number of rotatable bonds is 10. The Balaban J connectivity index is 2.98. The van der Waals surface area contributed by atoms with Crippen LogP contribution in [0.25, 0.3) is 0 Å². The fourth-order valence-corrected chi connectivity index (χ4v) is 1.62. The van der Waals surface area contributed by atoms with Crippen molar-refractivity contribution in [2.24, 2.45) is 0 Å². The summed E-state index contributed by atoms with van der Waals surface area (Å²) in [4.78, 5) is 0. The molecule has 0 rings (SSSR count). The largest absolute Gasteiger partial charge is 0.516 e. The molecule has 0 aromatic rings. The number of hydrogen-bond acceptors (Lipinski definition) is 1. The van der Waals surface area contributed by atoms with Gasteiger partial charge in [0, 0.05) is 0 Å². The van der Waals surface area contributed by atoms with Crippen LogP contribution in [0.1, 0.15) is 64.7 Å². The van der Waals surface area contributed by atoms with Gasteiger partial charge >= 0.3 is 0 Å². The van der Waals surface area contributed by atoms with Crippen molar-refractivity contribution >= 4 is 0 Å². The van der Waals surface area contributed by atoms with Crippen molar-refractivity contribution in [1.82, 2.24) is 0 Å². The van der Waals surface area contributed by atoms with Crippen LogP contribution < -0.4 is 0 Å². The molecule has 0 aliphatic carbocycles. The average molecular weight is 210 g/mol. The van der Waals surface area contributed by atoms with Gasteiger partial charge in [-0.25, -0.2) is 0 Å². The Bertz CT molecular complexity index is 159. The monoisotopic (exact) mass is 210 g/mol. The highest BCUT2D eigenvalue weighted by Crippen LogP contribution is 2.09. The van der Waals surface area contributed by atoms with Gasteiger partial charge in [0.2, 0.25) is 0 Å². The quantitative estimate of drug-likeness (QED) is 0.300. The zero-order valence-electron chi connectivity index (χ0n) is 10.1. The average Bonchev–Trinajstić information content (AvgIpc) is 2.26. The van der Waals surface area contributed by atoms with Crippen LogP contribution in [0.2, 0.25) is 0 Å². The molecule has 0 fully saturated rings. The lowest BCUT2D eigenvalue weighted by atomic mass is 10.1. The summed E-state index contributed by atoms with van der Waals surface area (Å²) in [5.41, 5.74) is 0. The van der Waals surface area contributed by atoms with E-state index < -0.39 is 0 Å². The summed E-state index contributed by atoms with van der Waals surface area (Å²) in [6, 6.07) is 0. The Hall–Kier alpha value is -0.720. The Kier molecular flexibility index (Phi) is 12.6. The molecule has 0 saturated carbocycles. The van der Waals surface area contributed by atoms with Crippen LogP contribution in [0, 0.1) is 0 Å². The van der Waals surface area contributed by atoms with Crippen LogP contribution >= 0.6 is 0 Å². The Morgan fingerprint density at radius 1 is 0.800 bits per heavy atom. The van der Waals surface area contributed by atoms with E-state index in [0.717, 1.165) is 12.7 Å². The summed E-state index contributed by atoms with van der Waals surface area (Å²) in [6.45, 7) is 2.26. The topological polar surface area (TPSA) is 20.2 Å². The molecule has 88 valence electrons. The van der Waals surface area contributed by atoms with Crippen LogP contribution in [0.15, 0.2) is 24.5 Å². The molecule has 15 heavy (non-hydrogen) atoms. The Morgan fingerprint density at radius 3 is 2.00 bits per heavy atom. The van der Waals surface area contributed by atoms with Gasteiger partial charge in [-0.3, -0.25) is 0 Å². The van der Waals surface area contributed by atoms with E-state index in [4.69, 9.17) is 5.11 Å². The number of hydrogen-bond donors (Lipinski definition) is 1. The zero-order chi connectivity index (χ0) is 11.2. The molecular weight excluding hydrogens is 184 g/mol. The summed E-state index contributed by atoms with van der Waals surface area (Å²) in [6.07, 6.45) is 18.9. The summed E-state index contributed by atoms with van der Waals surface area (Å²) < 4.78 is 0. The van der Waals surface area contributed by atoms with Crippen LogP contribution in [0.3, 0.4) is 0 Å². The van der Waals surface area contributed by atoms with E-state index in [-0.39, 0.29) is 0 Å². The first-order chi connectivity index (χ1) is 7.41. The molecule has 1 nitrogen and oxygen atoms in total. The number of unbranched alkanes of at least 4 members (excludes halogenated alkanes) is 8. The molecule has 0 heterocycles. The number of aliphatic hydroxyl groups excluding tert-OH is 1. The fourth-order valence-electron chi connectivity index (χ4n) is 1.62. The van der Waals surface area contributed by atoms with E-state index >= 15 is 0 Å². The summed E-state index contributed by atoms with van der Waals surface area (Å²) in [7, 11) is 0. The second-order valence-corrected chi connectivity index (χ2v) is 4.03. The lowest BCUT2D eigenvalue weighted by molar-refractivity contribution is 0.473. The van der Waals surface area contributed by atoms with E-state index in [0.29, 0.717) is 0 Å². The van der Waals surface area contributed by atoms with Gasteiger partial charge in [-0.1, -0.05) is 64.0 Å². The first kappa shape index (κ1) is 14.3. The van der Waals surface area contributed by atoms with E-state index in [2.05, 4.69) is 13.0 Å². The van der Waals surface area contributed by atoms with Crippen molar-refractivity contribution in [2.75, 3.05) is 0 Å². The normalized spacial score (nSPS) is 11.8. The predicted octanol–water partition coefficient (Wildman–Crippen LogP) is 5.15. The van der Waals surface area contributed by atoms with Gasteiger partial charge in [0.05, 0.1) is 6.26 Å². The number of allylic oxidation sites excluding steroid dienone is 3. The van der Waals surface area contributed by atoms with Gasteiger partial charge in [0.1, 0.15) is 0 Å². The van der Waals surface area contributed by atoms with E-state index in [9.17, 15) is 0 Å². The maximum atomic E-state index is 8.38. The smallest absolute Gasteiger partial charge is 0.0791 e. The SMILES string of the molecule is CCCCCCCCCC/C=C\C=C/O. The molecule has 0 amide bonds. The summed E-state index contributed by atoms with van der Waals surface area (Å²) in [5.74, 6) is 0. The zero-order valence-corrected chi connectivity index (χ0v) is 10.1. The van der Waals surface area contributed by atoms with Crippen molar-refractivity contribution in [1.29, 1.82) is 0 Å². The molecule has 0 spiro atoms. The van der Waals surface area contributed by atoms with Gasteiger partial charge < -0.3 is 5.11 Å². The molecular formula is C14H26O. The molecule has 0 radical (unpaired) electrons. The highest BCUT2D eigenvalue weighted by atomic mass is 16.2. The highest BCUT2D eigenvalue weighted by Gasteiger charge is 1.89. The third-order valence-corrected chi connectivity index (χ3v) is 2.56. The Morgan fingerprint density at radius 2 is 1.40 bits per heavy atom. The molecule has 0 unspecified atom stereocenters. The molecule has 1 N–H and O–H groups in total. The molecule has 0 saturated heterocycles. The second kappa shape index (κ2) is 13.3. The molecule has 0 aromatic carbocycles. The van der Waals surface area contributed by atoms with Crippen LogP contribution in [0.5, 0.6) is 0 Å². The molecule has 1 heteroatoms. The van der Waals surface area contributed by atoms with Gasteiger partial charge in [0.15, 0.2) is 0 Å². The van der Waals surface area contributed by atoms with Crippen molar-refractivity contribution < 1.29 is 5.11 Å². The van der Waals surface area contributed by atoms with Crippen molar-refractivity contribution in [3.8, 4) is 0 Å². The summed E-state index contributed by atoms with van der Waals surface area (Å²) >= 11 is 0. The lowest BCUT2D eigenvalue weighted by Gasteiger charge is -1.99. The minimum absolute atomic E-state index is 1.07. The minimum atomic E-state index is 1.07. The van der Waals surface area contributed by atoms with Crippen LogP contribution in [0.4, 0.5) is 0 Å². The lowest BCUT2D eigenvalue weighted by Crippen LogP contribution is -1.79. The molecule has 0 atom stereocenters. The number of aliphatic hydroxyl groups is 1. The van der Waals surface area contributed by atoms with Crippen molar-refractivity contribution in [2.45, 2.75) is 64.7 Å². The fraction of sp³-hybridized carbons (Fsp3) is 0.714. The van der Waals surface area contributed by atoms with E-state index in [1.165, 1.54) is 51.4 Å². The van der Waals surface area contributed by atoms with Gasteiger partial charge in [-0.05, 0) is 18.9 Å². The van der Waals surface area contributed by atoms with Gasteiger partial charge in [-0.2, -0.15) is 0 Å². The third-order valence-electron chi connectivity index (χ3n) is 2.56. The first-order valence-corrected chi connectivity index (χ1v) is 6.37. The molecule has 0 aliphatic heterocycles. The van der Waals surface area contributed by atoms with E-state index in [1.54, 1.807) is 6.08 Å². The highest BCUT2D eigenvalue weighted by molar-refractivity contribution is 4.98. The second-order valence-electron chi connectivity index (χ2n) is 4.03. The third kappa shape index (κ3) is 13.3. The van der Waals surface area contributed by atoms with Crippen LogP contribution in [-0.2, 0) is 0 Å². The first-order valence-electron chi connectivity index (χ1n) is 6.37. The van der Waals surface area contributed by atoms with Crippen molar-refractivity contribution in [3.63, 3.8) is 0 Å². The van der Waals surface area contributed by atoms with Crippen molar-refractivity contribution in [3.05, 3.63) is 24.5 Å². The molecule has 0 bridgehead atoms. The van der Waals surface area contributed by atoms with Gasteiger partial charge in [-0.15, -0.1) is 0 Å². The van der Waals surface area contributed by atoms with E-state index in [1.807, 2.05) is 6.08 Å². The molecule has 0 aliphatic rings. The maximum Gasteiger partial charge on any atom is 0.0791 e. The van der Waals surface area contributed by atoms with Gasteiger partial charge in [0.25, 0.3) is 0 Å². The molecule has 0 aromatic heterocycles. The van der Waals surface area contributed by atoms with Crippen LogP contribution in [-0.4, -0.2) is 5.11 Å². The Labute approximate surface area is 94.9 Å². The summed E-state index contributed by atoms with van der Waals surface area (Å²) in [5, 5.41) is 8.38. The minimum Gasteiger partial charge on any atom is -0.516 e. The maximum absolute atomic E-state index is 8.38. The standard InChI is InChI=1S/C14H26O/c1-2-3-4-5-6-7-8-9-10-11-12-13-14-15/h11-15H,2-10H2,1H3/b12-11-,14-13-.